The van der Waals surface area contributed by atoms with Crippen LogP contribution in [0.25, 0.3) is 0 Å². The zero-order valence-electron chi connectivity index (χ0n) is 10.2. The number of amidine groups is 1. The molecule has 1 aromatic heterocycles. The van der Waals surface area contributed by atoms with Crippen LogP contribution in [0.3, 0.4) is 0 Å². The fourth-order valence-corrected chi connectivity index (χ4v) is 3.23. The van der Waals surface area contributed by atoms with E-state index < -0.39 is 10.0 Å². The lowest BCUT2D eigenvalue weighted by molar-refractivity contribution is 0.595. The molecule has 2 aromatic rings. The van der Waals surface area contributed by atoms with Crippen molar-refractivity contribution in [3.05, 3.63) is 47.8 Å². The first kappa shape index (κ1) is 11.9. The fourth-order valence-electron chi connectivity index (χ4n) is 1.99. The lowest BCUT2D eigenvalue weighted by atomic mass is 10.2. The summed E-state index contributed by atoms with van der Waals surface area (Å²) in [5.41, 5.74) is 1.51. The van der Waals surface area contributed by atoms with E-state index in [1.165, 1.54) is 0 Å². The van der Waals surface area contributed by atoms with Gasteiger partial charge in [0.05, 0.1) is 17.1 Å². The van der Waals surface area contributed by atoms with Crippen LogP contribution in [0.4, 0.5) is 0 Å². The Morgan fingerprint density at radius 3 is 2.84 bits per heavy atom. The number of hydrogen-bond donors (Lipinski definition) is 2. The second-order valence-electron chi connectivity index (χ2n) is 4.29. The van der Waals surface area contributed by atoms with Gasteiger partial charge in [-0.1, -0.05) is 12.1 Å². The van der Waals surface area contributed by atoms with E-state index in [0.717, 1.165) is 5.56 Å². The predicted octanol–water partition coefficient (Wildman–Crippen LogP) is 1.21. The first-order chi connectivity index (χ1) is 9.08. The summed E-state index contributed by atoms with van der Waals surface area (Å²) in [6.07, 6.45) is 3.41. The number of nitrogens with one attached hydrogen (secondary N) is 2. The Bertz CT molecular complexity index is 735. The third-order valence-electron chi connectivity index (χ3n) is 2.99. The largest absolute Gasteiger partial charge is 0.285 e. The average Bonchev–Trinajstić information content (AvgIpc) is 2.98. The molecule has 1 aliphatic heterocycles. The molecule has 0 aliphatic carbocycles. The molecule has 2 N–H and O–H groups in total. The summed E-state index contributed by atoms with van der Waals surface area (Å²) in [5.74, 6) is 0.379. The number of aliphatic imine (C=N–C) groups is 1. The van der Waals surface area contributed by atoms with Crippen molar-refractivity contribution in [3.8, 4) is 0 Å². The summed E-state index contributed by atoms with van der Waals surface area (Å²) >= 11 is 0. The Kier molecular flexibility index (Phi) is 2.63. The molecule has 0 fully saturated rings. The third-order valence-corrected chi connectivity index (χ3v) is 4.38. The van der Waals surface area contributed by atoms with E-state index >= 15 is 0 Å². The molecule has 2 heterocycles. The zero-order valence-corrected chi connectivity index (χ0v) is 11.0. The number of rotatable bonds is 2. The minimum atomic E-state index is -3.47. The second kappa shape index (κ2) is 4.20. The Hall–Kier alpha value is -2.15. The molecule has 19 heavy (non-hydrogen) atoms. The first-order valence-electron chi connectivity index (χ1n) is 5.76. The summed E-state index contributed by atoms with van der Waals surface area (Å²) < 4.78 is 26.3. The highest BCUT2D eigenvalue weighted by molar-refractivity contribution is 7.90. The number of benzene rings is 1. The molecule has 1 aromatic carbocycles. The van der Waals surface area contributed by atoms with E-state index in [1.807, 2.05) is 6.92 Å². The van der Waals surface area contributed by atoms with Gasteiger partial charge in [-0.3, -0.25) is 14.8 Å². The Morgan fingerprint density at radius 2 is 2.11 bits per heavy atom. The Labute approximate surface area is 110 Å². The molecule has 0 bridgehead atoms. The number of sulfonamides is 1. The van der Waals surface area contributed by atoms with Gasteiger partial charge < -0.3 is 0 Å². The molecule has 7 heteroatoms. The Morgan fingerprint density at radius 1 is 1.32 bits per heavy atom. The van der Waals surface area contributed by atoms with Crippen LogP contribution < -0.4 is 4.72 Å². The molecule has 6 nitrogen and oxygen atoms in total. The monoisotopic (exact) mass is 276 g/mol. The van der Waals surface area contributed by atoms with E-state index in [4.69, 9.17) is 0 Å². The van der Waals surface area contributed by atoms with Crippen molar-refractivity contribution in [1.29, 1.82) is 0 Å². The van der Waals surface area contributed by atoms with Crippen LogP contribution in [-0.4, -0.2) is 24.5 Å². The van der Waals surface area contributed by atoms with Gasteiger partial charge in [-0.2, -0.15) is 5.10 Å². The van der Waals surface area contributed by atoms with Gasteiger partial charge in [0.25, 0.3) is 10.0 Å². The first-order valence-corrected chi connectivity index (χ1v) is 7.25. The molecule has 0 saturated heterocycles. The number of aromatic nitrogens is 2. The van der Waals surface area contributed by atoms with Gasteiger partial charge in [0.15, 0.2) is 0 Å². The standard InChI is InChI=1S/C12H12N4O2S/c1-8(9-6-13-14-7-9)15-12-10-4-2-3-5-11(10)19(17,18)16-12/h2-8H,1H3,(H,13,14)(H,15,16). The van der Waals surface area contributed by atoms with Gasteiger partial charge in [0.1, 0.15) is 5.84 Å². The van der Waals surface area contributed by atoms with Crippen molar-refractivity contribution in [2.75, 3.05) is 0 Å². The van der Waals surface area contributed by atoms with E-state index in [2.05, 4.69) is 19.9 Å². The predicted molar refractivity (Wildman–Crippen MR) is 70.3 cm³/mol. The number of aromatic amines is 1. The van der Waals surface area contributed by atoms with Crippen LogP contribution in [0.1, 0.15) is 24.1 Å². The van der Waals surface area contributed by atoms with Crippen molar-refractivity contribution in [2.24, 2.45) is 4.99 Å². The van der Waals surface area contributed by atoms with E-state index in [0.29, 0.717) is 11.4 Å². The van der Waals surface area contributed by atoms with Crippen molar-refractivity contribution in [1.82, 2.24) is 14.9 Å². The molecule has 3 rings (SSSR count). The molecule has 1 atom stereocenters. The van der Waals surface area contributed by atoms with Gasteiger partial charge in [-0.05, 0) is 19.1 Å². The van der Waals surface area contributed by atoms with E-state index in [1.54, 1.807) is 36.7 Å². The topological polar surface area (TPSA) is 87.2 Å². The van der Waals surface area contributed by atoms with Crippen molar-refractivity contribution in [2.45, 2.75) is 17.9 Å². The molecule has 1 unspecified atom stereocenters. The summed E-state index contributed by atoms with van der Waals surface area (Å²) in [6, 6.07) is 6.62. The van der Waals surface area contributed by atoms with Crippen LogP contribution in [0, 0.1) is 0 Å². The molecular formula is C12H12N4O2S. The van der Waals surface area contributed by atoms with Crippen LogP contribution in [0.2, 0.25) is 0 Å². The molecular weight excluding hydrogens is 264 g/mol. The van der Waals surface area contributed by atoms with Crippen LogP contribution >= 0.6 is 0 Å². The van der Waals surface area contributed by atoms with Crippen molar-refractivity contribution >= 4 is 15.9 Å². The van der Waals surface area contributed by atoms with E-state index in [-0.39, 0.29) is 10.9 Å². The number of fused-ring (bicyclic) bond motifs is 1. The zero-order chi connectivity index (χ0) is 13.5. The maximum Gasteiger partial charge on any atom is 0.263 e. The molecule has 0 spiro atoms. The maximum absolute atomic E-state index is 11.9. The molecule has 98 valence electrons. The SMILES string of the molecule is CC(N=C1NS(=O)(=O)c2ccccc21)c1cn[nH]c1. The van der Waals surface area contributed by atoms with E-state index in [9.17, 15) is 8.42 Å². The minimum absolute atomic E-state index is 0.178. The fraction of sp³-hybridized carbons (Fsp3) is 0.167. The summed E-state index contributed by atoms with van der Waals surface area (Å²) in [6.45, 7) is 1.88. The summed E-state index contributed by atoms with van der Waals surface area (Å²) in [7, 11) is -3.47. The summed E-state index contributed by atoms with van der Waals surface area (Å²) in [5, 5.41) is 6.57. The number of hydrogen-bond acceptors (Lipinski definition) is 4. The molecule has 0 saturated carbocycles. The second-order valence-corrected chi connectivity index (χ2v) is 5.94. The van der Waals surface area contributed by atoms with Gasteiger partial charge in [0, 0.05) is 17.3 Å². The Balaban J connectivity index is 2.05. The highest BCUT2D eigenvalue weighted by Crippen LogP contribution is 2.24. The van der Waals surface area contributed by atoms with Gasteiger partial charge in [-0.25, -0.2) is 8.42 Å². The minimum Gasteiger partial charge on any atom is -0.285 e. The molecule has 0 amide bonds. The van der Waals surface area contributed by atoms with Crippen LogP contribution in [0.15, 0.2) is 46.5 Å². The number of nitrogens with zero attached hydrogens (tertiary/aromatic N) is 2. The van der Waals surface area contributed by atoms with Crippen molar-refractivity contribution in [3.63, 3.8) is 0 Å². The maximum atomic E-state index is 11.9. The van der Waals surface area contributed by atoms with Gasteiger partial charge >= 0.3 is 0 Å². The highest BCUT2D eigenvalue weighted by atomic mass is 32.2. The highest BCUT2D eigenvalue weighted by Gasteiger charge is 2.30. The van der Waals surface area contributed by atoms with Gasteiger partial charge in [-0.15, -0.1) is 0 Å². The summed E-state index contributed by atoms with van der Waals surface area (Å²) in [4.78, 5) is 4.69. The smallest absolute Gasteiger partial charge is 0.263 e. The lowest BCUT2D eigenvalue weighted by Crippen LogP contribution is -2.22. The van der Waals surface area contributed by atoms with Crippen molar-refractivity contribution < 1.29 is 8.42 Å². The van der Waals surface area contributed by atoms with Crippen LogP contribution in [-0.2, 0) is 10.0 Å². The third kappa shape index (κ3) is 2.01. The quantitative estimate of drug-likeness (QED) is 0.864. The van der Waals surface area contributed by atoms with Crippen LogP contribution in [0.5, 0.6) is 0 Å². The molecule has 0 radical (unpaired) electrons. The molecule has 1 aliphatic rings. The lowest BCUT2D eigenvalue weighted by Gasteiger charge is -2.05. The number of H-pyrrole nitrogens is 1. The normalized spacial score (nSPS) is 19.9. The average molecular weight is 276 g/mol. The van der Waals surface area contributed by atoms with Gasteiger partial charge in [0.2, 0.25) is 0 Å².